The normalized spacial score (nSPS) is 13.4. The Morgan fingerprint density at radius 3 is 2.45 bits per heavy atom. The summed E-state index contributed by atoms with van der Waals surface area (Å²) in [5.41, 5.74) is 1.00. The maximum absolute atomic E-state index is 13.1. The van der Waals surface area contributed by atoms with Crippen LogP contribution in [0.2, 0.25) is 0 Å². The van der Waals surface area contributed by atoms with Crippen molar-refractivity contribution in [1.29, 1.82) is 0 Å². The first-order valence-electron chi connectivity index (χ1n) is 6.84. The molecule has 4 heteroatoms. The summed E-state index contributed by atoms with van der Waals surface area (Å²) >= 11 is 0. The molecular formula is C16H22FN3. The van der Waals surface area contributed by atoms with Gasteiger partial charge in [-0.15, -0.1) is 0 Å². The molecule has 0 aliphatic rings. The van der Waals surface area contributed by atoms with E-state index in [1.807, 2.05) is 43.2 Å². The zero-order chi connectivity index (χ0) is 14.8. The van der Waals surface area contributed by atoms with E-state index < -0.39 is 0 Å². The van der Waals surface area contributed by atoms with E-state index in [1.165, 1.54) is 12.1 Å². The fourth-order valence-electron chi connectivity index (χ4n) is 2.57. The minimum absolute atomic E-state index is 0.117. The van der Waals surface area contributed by atoms with Crippen LogP contribution in [0, 0.1) is 5.82 Å². The van der Waals surface area contributed by atoms with Crippen LogP contribution in [0.3, 0.4) is 0 Å². The highest BCUT2D eigenvalue weighted by Crippen LogP contribution is 2.29. The topological polar surface area (TPSA) is 29.9 Å². The van der Waals surface area contributed by atoms with Gasteiger partial charge in [0.05, 0.1) is 0 Å². The Morgan fingerprint density at radius 1 is 1.30 bits per heavy atom. The Hall–Kier alpha value is -1.68. The number of nitrogens with one attached hydrogen (secondary N) is 1. The Balaban J connectivity index is 2.25. The van der Waals surface area contributed by atoms with E-state index in [1.54, 1.807) is 0 Å². The van der Waals surface area contributed by atoms with E-state index in [4.69, 9.17) is 0 Å². The summed E-state index contributed by atoms with van der Waals surface area (Å²) in [5, 5.41) is 3.37. The lowest BCUT2D eigenvalue weighted by atomic mass is 9.76. The van der Waals surface area contributed by atoms with Crippen molar-refractivity contribution in [3.63, 3.8) is 0 Å². The third-order valence-electron chi connectivity index (χ3n) is 4.12. The zero-order valence-electron chi connectivity index (χ0n) is 12.5. The van der Waals surface area contributed by atoms with Crippen LogP contribution in [-0.4, -0.2) is 22.6 Å². The van der Waals surface area contributed by atoms with E-state index >= 15 is 0 Å². The van der Waals surface area contributed by atoms with Crippen molar-refractivity contribution in [3.8, 4) is 0 Å². The molecule has 3 nitrogen and oxygen atoms in total. The van der Waals surface area contributed by atoms with Gasteiger partial charge in [-0.05, 0) is 24.7 Å². The summed E-state index contributed by atoms with van der Waals surface area (Å²) in [7, 11) is 3.96. The number of aryl methyl sites for hydroxylation is 1. The lowest BCUT2D eigenvalue weighted by Gasteiger charge is -2.34. The molecule has 1 aromatic heterocycles. The van der Waals surface area contributed by atoms with Crippen molar-refractivity contribution >= 4 is 0 Å². The second-order valence-corrected chi connectivity index (χ2v) is 5.73. The first-order chi connectivity index (χ1) is 9.45. The molecule has 0 aliphatic carbocycles. The van der Waals surface area contributed by atoms with Gasteiger partial charge in [-0.3, -0.25) is 0 Å². The number of hydrogen-bond acceptors (Lipinski definition) is 2. The van der Waals surface area contributed by atoms with Crippen molar-refractivity contribution in [1.82, 2.24) is 14.9 Å². The molecule has 0 radical (unpaired) electrons. The maximum atomic E-state index is 13.1. The molecule has 2 aromatic rings. The molecule has 0 fully saturated rings. The number of likely N-dealkylation sites (N-methyl/N-ethyl adjacent to an activating group) is 1. The second kappa shape index (κ2) is 5.75. The van der Waals surface area contributed by atoms with Gasteiger partial charge in [0.15, 0.2) is 0 Å². The highest BCUT2D eigenvalue weighted by Gasteiger charge is 2.31. The number of imidazole rings is 1. The average molecular weight is 275 g/mol. The van der Waals surface area contributed by atoms with Gasteiger partial charge in [0.2, 0.25) is 0 Å². The van der Waals surface area contributed by atoms with Gasteiger partial charge < -0.3 is 9.88 Å². The van der Waals surface area contributed by atoms with Crippen LogP contribution in [0.4, 0.5) is 4.39 Å². The molecular weight excluding hydrogens is 253 g/mol. The lowest BCUT2D eigenvalue weighted by Crippen LogP contribution is -2.45. The Bertz CT molecular complexity index is 557. The number of hydrogen-bond donors (Lipinski definition) is 1. The SMILES string of the molecule is CNC(Cc1nccn1C)C(C)(C)c1ccc(F)cc1. The summed E-state index contributed by atoms with van der Waals surface area (Å²) < 4.78 is 15.1. The minimum atomic E-state index is -0.199. The molecule has 1 atom stereocenters. The van der Waals surface area contributed by atoms with E-state index in [-0.39, 0.29) is 17.3 Å². The van der Waals surface area contributed by atoms with E-state index in [2.05, 4.69) is 24.1 Å². The van der Waals surface area contributed by atoms with Gasteiger partial charge in [0.1, 0.15) is 11.6 Å². The molecule has 20 heavy (non-hydrogen) atoms. The van der Waals surface area contributed by atoms with Crippen molar-refractivity contribution in [2.24, 2.45) is 7.05 Å². The van der Waals surface area contributed by atoms with Crippen LogP contribution in [0.5, 0.6) is 0 Å². The Kier molecular flexibility index (Phi) is 4.23. The highest BCUT2D eigenvalue weighted by molar-refractivity contribution is 5.27. The van der Waals surface area contributed by atoms with E-state index in [0.717, 1.165) is 17.8 Å². The third kappa shape index (κ3) is 2.90. The molecule has 1 N–H and O–H groups in total. The number of benzene rings is 1. The summed E-state index contributed by atoms with van der Waals surface area (Å²) in [5.74, 6) is 0.842. The quantitative estimate of drug-likeness (QED) is 0.909. The second-order valence-electron chi connectivity index (χ2n) is 5.73. The van der Waals surface area contributed by atoms with Gasteiger partial charge in [-0.25, -0.2) is 9.37 Å². The molecule has 2 rings (SSSR count). The highest BCUT2D eigenvalue weighted by atomic mass is 19.1. The Morgan fingerprint density at radius 2 is 1.95 bits per heavy atom. The first-order valence-corrected chi connectivity index (χ1v) is 6.84. The molecule has 0 bridgehead atoms. The number of aromatic nitrogens is 2. The monoisotopic (exact) mass is 275 g/mol. The molecule has 1 heterocycles. The summed E-state index contributed by atoms with van der Waals surface area (Å²) in [4.78, 5) is 4.39. The molecule has 0 aliphatic heterocycles. The predicted molar refractivity (Wildman–Crippen MR) is 79.2 cm³/mol. The maximum Gasteiger partial charge on any atom is 0.123 e. The molecule has 108 valence electrons. The third-order valence-corrected chi connectivity index (χ3v) is 4.12. The van der Waals surface area contributed by atoms with Crippen LogP contribution in [-0.2, 0) is 18.9 Å². The summed E-state index contributed by atoms with van der Waals surface area (Å²) in [6, 6.07) is 6.97. The minimum Gasteiger partial charge on any atom is -0.338 e. The lowest BCUT2D eigenvalue weighted by molar-refractivity contribution is 0.349. The van der Waals surface area contributed by atoms with Gasteiger partial charge >= 0.3 is 0 Å². The zero-order valence-corrected chi connectivity index (χ0v) is 12.5. The van der Waals surface area contributed by atoms with Crippen molar-refractivity contribution in [2.45, 2.75) is 31.7 Å². The largest absolute Gasteiger partial charge is 0.338 e. The average Bonchev–Trinajstić information content (AvgIpc) is 2.81. The van der Waals surface area contributed by atoms with Gasteiger partial charge in [-0.2, -0.15) is 0 Å². The van der Waals surface area contributed by atoms with Gasteiger partial charge in [0, 0.05) is 37.3 Å². The predicted octanol–water partition coefficient (Wildman–Crippen LogP) is 2.67. The summed E-state index contributed by atoms with van der Waals surface area (Å²) in [6.07, 6.45) is 4.59. The number of halogens is 1. The standard InChI is InChI=1S/C16H22FN3/c1-16(2,12-5-7-13(17)8-6-12)14(18-3)11-15-19-9-10-20(15)4/h5-10,14,18H,11H2,1-4H3. The fraction of sp³-hybridized carbons (Fsp3) is 0.438. The van der Waals surface area contributed by atoms with E-state index in [9.17, 15) is 4.39 Å². The molecule has 1 aromatic carbocycles. The molecule has 0 spiro atoms. The van der Waals surface area contributed by atoms with Crippen LogP contribution in [0.15, 0.2) is 36.7 Å². The van der Waals surface area contributed by atoms with Crippen LogP contribution < -0.4 is 5.32 Å². The van der Waals surface area contributed by atoms with Crippen LogP contribution in [0.1, 0.15) is 25.2 Å². The Labute approximate surface area is 119 Å². The molecule has 1 unspecified atom stereocenters. The summed E-state index contributed by atoms with van der Waals surface area (Å²) in [6.45, 7) is 4.34. The van der Waals surface area contributed by atoms with Crippen LogP contribution in [0.25, 0.3) is 0 Å². The first kappa shape index (κ1) is 14.7. The molecule has 0 saturated carbocycles. The van der Waals surface area contributed by atoms with Gasteiger partial charge in [0.25, 0.3) is 0 Å². The smallest absolute Gasteiger partial charge is 0.123 e. The number of rotatable bonds is 5. The molecule has 0 amide bonds. The molecule has 0 saturated heterocycles. The number of nitrogens with zero attached hydrogens (tertiary/aromatic N) is 2. The fourth-order valence-corrected chi connectivity index (χ4v) is 2.57. The van der Waals surface area contributed by atoms with Crippen LogP contribution >= 0.6 is 0 Å². The van der Waals surface area contributed by atoms with Crippen molar-refractivity contribution in [2.75, 3.05) is 7.05 Å². The van der Waals surface area contributed by atoms with Gasteiger partial charge in [-0.1, -0.05) is 26.0 Å². The van der Waals surface area contributed by atoms with E-state index in [0.29, 0.717) is 0 Å². The van der Waals surface area contributed by atoms with Crippen molar-refractivity contribution in [3.05, 3.63) is 53.9 Å². The van der Waals surface area contributed by atoms with Crippen molar-refractivity contribution < 1.29 is 4.39 Å².